The molecule has 0 aliphatic carbocycles. The summed E-state index contributed by atoms with van der Waals surface area (Å²) in [5.41, 5.74) is 2.95. The van der Waals surface area contributed by atoms with E-state index in [4.69, 9.17) is 4.42 Å². The van der Waals surface area contributed by atoms with E-state index in [1.165, 1.54) is 0 Å². The highest BCUT2D eigenvalue weighted by molar-refractivity contribution is 5.88. The predicted octanol–water partition coefficient (Wildman–Crippen LogP) is 5.50. The first kappa shape index (κ1) is 17.3. The van der Waals surface area contributed by atoms with Crippen LogP contribution in [0.25, 0.3) is 22.6 Å². The van der Waals surface area contributed by atoms with Crippen LogP contribution in [-0.4, -0.2) is 15.2 Å². The molecule has 0 radical (unpaired) electrons. The van der Waals surface area contributed by atoms with E-state index in [1.54, 1.807) is 18.2 Å². The van der Waals surface area contributed by atoms with Gasteiger partial charge in [-0.25, -0.2) is 4.98 Å². The summed E-state index contributed by atoms with van der Waals surface area (Å²) in [5.74, 6) is 0.520. The summed E-state index contributed by atoms with van der Waals surface area (Å²) in [6.07, 6.45) is 0. The van der Waals surface area contributed by atoms with Crippen LogP contribution < -0.4 is 0 Å². The van der Waals surface area contributed by atoms with E-state index >= 15 is 0 Å². The molecular formula is C21H25NO3. The highest BCUT2D eigenvalue weighted by Gasteiger charge is 2.29. The molecule has 0 unspecified atom stereocenters. The van der Waals surface area contributed by atoms with Gasteiger partial charge in [0.05, 0.1) is 5.56 Å². The van der Waals surface area contributed by atoms with Crippen LogP contribution in [0, 0.1) is 0 Å². The number of hydrogen-bond donors (Lipinski definition) is 2. The van der Waals surface area contributed by atoms with Crippen LogP contribution in [0.3, 0.4) is 0 Å². The number of para-hydroxylation sites is 1. The zero-order valence-corrected chi connectivity index (χ0v) is 15.6. The average Bonchev–Trinajstić information content (AvgIpc) is 2.90. The zero-order valence-electron chi connectivity index (χ0n) is 15.6. The number of hydrogen-bond acceptors (Lipinski definition) is 4. The van der Waals surface area contributed by atoms with Gasteiger partial charge in [-0.1, -0.05) is 53.7 Å². The predicted molar refractivity (Wildman–Crippen MR) is 100 cm³/mol. The smallest absolute Gasteiger partial charge is 0.231 e. The first-order valence-electron chi connectivity index (χ1n) is 8.46. The molecule has 0 saturated carbocycles. The summed E-state index contributed by atoms with van der Waals surface area (Å²) in [5, 5.41) is 20.9. The molecule has 3 rings (SSSR count). The van der Waals surface area contributed by atoms with Crippen LogP contribution in [-0.2, 0) is 10.8 Å². The van der Waals surface area contributed by atoms with Gasteiger partial charge in [0.2, 0.25) is 5.89 Å². The van der Waals surface area contributed by atoms with E-state index in [0.29, 0.717) is 22.6 Å². The van der Waals surface area contributed by atoms with Gasteiger partial charge in [0.15, 0.2) is 11.3 Å². The Hall–Kier alpha value is -2.49. The Balaban J connectivity index is 2.38. The molecule has 0 spiro atoms. The summed E-state index contributed by atoms with van der Waals surface area (Å²) < 4.78 is 5.92. The largest absolute Gasteiger partial charge is 0.507 e. The van der Waals surface area contributed by atoms with E-state index < -0.39 is 0 Å². The summed E-state index contributed by atoms with van der Waals surface area (Å²) in [6, 6.07) is 8.93. The van der Waals surface area contributed by atoms with Crippen LogP contribution in [0.1, 0.15) is 52.7 Å². The van der Waals surface area contributed by atoms with Gasteiger partial charge < -0.3 is 14.6 Å². The van der Waals surface area contributed by atoms with Crippen molar-refractivity contribution in [1.29, 1.82) is 0 Å². The lowest BCUT2D eigenvalue weighted by atomic mass is 9.79. The molecule has 0 aliphatic rings. The monoisotopic (exact) mass is 339 g/mol. The highest BCUT2D eigenvalue weighted by atomic mass is 16.4. The number of rotatable bonds is 1. The van der Waals surface area contributed by atoms with Gasteiger partial charge in [0, 0.05) is 5.56 Å². The van der Waals surface area contributed by atoms with Crippen LogP contribution in [0.2, 0.25) is 0 Å². The second-order valence-corrected chi connectivity index (χ2v) is 8.53. The molecule has 0 atom stereocenters. The number of aromatic nitrogens is 1. The average molecular weight is 339 g/mol. The summed E-state index contributed by atoms with van der Waals surface area (Å²) in [7, 11) is 0. The Kier molecular flexibility index (Phi) is 3.82. The Morgan fingerprint density at radius 1 is 0.880 bits per heavy atom. The molecular weight excluding hydrogens is 314 g/mol. The molecule has 0 saturated heterocycles. The molecule has 2 N–H and O–H groups in total. The zero-order chi connectivity index (χ0) is 18.6. The number of phenolic OH excluding ortho intramolecular Hbond substituents is 2. The van der Waals surface area contributed by atoms with Crippen LogP contribution in [0.5, 0.6) is 11.5 Å². The molecule has 25 heavy (non-hydrogen) atoms. The van der Waals surface area contributed by atoms with Crippen molar-refractivity contribution in [3.63, 3.8) is 0 Å². The van der Waals surface area contributed by atoms with Gasteiger partial charge in [-0.2, -0.15) is 0 Å². The molecule has 0 amide bonds. The number of benzene rings is 2. The van der Waals surface area contributed by atoms with Crippen molar-refractivity contribution in [2.75, 3.05) is 0 Å². The van der Waals surface area contributed by atoms with Gasteiger partial charge in [-0.3, -0.25) is 0 Å². The van der Waals surface area contributed by atoms with Gasteiger partial charge in [-0.15, -0.1) is 0 Å². The van der Waals surface area contributed by atoms with Crippen LogP contribution in [0.4, 0.5) is 0 Å². The van der Waals surface area contributed by atoms with Crippen molar-refractivity contribution >= 4 is 11.1 Å². The van der Waals surface area contributed by atoms with E-state index in [9.17, 15) is 10.2 Å². The van der Waals surface area contributed by atoms with Gasteiger partial charge in [0.1, 0.15) is 11.3 Å². The molecule has 3 aromatic rings. The SMILES string of the molecule is CC(C)(C)c1cc(C(C)(C)C)c2nc(-c3ccccc3O)oc2c1O. The molecule has 4 nitrogen and oxygen atoms in total. The fourth-order valence-electron chi connectivity index (χ4n) is 2.98. The summed E-state index contributed by atoms with van der Waals surface area (Å²) >= 11 is 0. The molecule has 2 aromatic carbocycles. The van der Waals surface area contributed by atoms with Crippen LogP contribution in [0.15, 0.2) is 34.7 Å². The lowest BCUT2D eigenvalue weighted by molar-refractivity contribution is 0.438. The topological polar surface area (TPSA) is 66.5 Å². The Morgan fingerprint density at radius 2 is 1.48 bits per heavy atom. The summed E-state index contributed by atoms with van der Waals surface area (Å²) in [4.78, 5) is 4.61. The normalized spacial score (nSPS) is 12.7. The maximum atomic E-state index is 10.8. The van der Waals surface area contributed by atoms with E-state index in [2.05, 4.69) is 46.5 Å². The van der Waals surface area contributed by atoms with Crippen molar-refractivity contribution < 1.29 is 14.6 Å². The quantitative estimate of drug-likeness (QED) is 0.614. The fourth-order valence-corrected chi connectivity index (χ4v) is 2.98. The molecule has 0 aliphatic heterocycles. The lowest BCUT2D eigenvalue weighted by Gasteiger charge is -2.25. The van der Waals surface area contributed by atoms with Gasteiger partial charge in [-0.05, 0) is 34.6 Å². The second kappa shape index (κ2) is 5.51. The standard InChI is InChI=1S/C21H25NO3/c1-20(2,3)13-11-14(21(4,5)6)17(24)18-16(13)22-19(25-18)12-9-7-8-10-15(12)23/h7-11,23-24H,1-6H3. The van der Waals surface area contributed by atoms with Crippen LogP contribution >= 0.6 is 0 Å². The summed E-state index contributed by atoms with van der Waals surface area (Å²) in [6.45, 7) is 12.5. The Morgan fingerprint density at radius 3 is 2.04 bits per heavy atom. The third-order valence-corrected chi connectivity index (χ3v) is 4.39. The minimum absolute atomic E-state index is 0.0990. The van der Waals surface area contributed by atoms with Crippen molar-refractivity contribution in [3.05, 3.63) is 41.5 Å². The number of fused-ring (bicyclic) bond motifs is 1. The number of oxazole rings is 1. The maximum absolute atomic E-state index is 10.8. The number of nitrogens with zero attached hydrogens (tertiary/aromatic N) is 1. The number of phenols is 2. The van der Waals surface area contributed by atoms with E-state index in [1.807, 2.05) is 12.1 Å². The second-order valence-electron chi connectivity index (χ2n) is 8.53. The molecule has 132 valence electrons. The molecule has 1 aromatic heterocycles. The van der Waals surface area contributed by atoms with Crippen molar-refractivity contribution in [2.24, 2.45) is 0 Å². The lowest BCUT2D eigenvalue weighted by Crippen LogP contribution is -2.17. The Bertz CT molecular complexity index is 940. The molecule has 1 heterocycles. The van der Waals surface area contributed by atoms with Crippen molar-refractivity contribution in [3.8, 4) is 23.0 Å². The minimum atomic E-state index is -0.236. The minimum Gasteiger partial charge on any atom is -0.507 e. The third-order valence-electron chi connectivity index (χ3n) is 4.39. The third kappa shape index (κ3) is 2.97. The fraction of sp³-hybridized carbons (Fsp3) is 0.381. The van der Waals surface area contributed by atoms with E-state index in [-0.39, 0.29) is 22.3 Å². The first-order chi connectivity index (χ1) is 11.5. The molecule has 4 heteroatoms. The maximum Gasteiger partial charge on any atom is 0.231 e. The molecule has 0 fully saturated rings. The van der Waals surface area contributed by atoms with Gasteiger partial charge in [0.25, 0.3) is 0 Å². The van der Waals surface area contributed by atoms with Crippen molar-refractivity contribution in [2.45, 2.75) is 52.4 Å². The highest BCUT2D eigenvalue weighted by Crippen LogP contribution is 2.43. The van der Waals surface area contributed by atoms with Gasteiger partial charge >= 0.3 is 0 Å². The molecule has 0 bridgehead atoms. The number of aromatic hydroxyl groups is 2. The Labute approximate surface area is 148 Å². The first-order valence-corrected chi connectivity index (χ1v) is 8.46. The van der Waals surface area contributed by atoms with Crippen molar-refractivity contribution in [1.82, 2.24) is 4.98 Å². The van der Waals surface area contributed by atoms with E-state index in [0.717, 1.165) is 11.1 Å².